The normalized spacial score (nSPS) is 19.1. The zero-order valence-corrected chi connectivity index (χ0v) is 11.7. The number of rotatable bonds is 3. The van der Waals surface area contributed by atoms with Crippen molar-refractivity contribution in [1.82, 2.24) is 0 Å². The van der Waals surface area contributed by atoms with Crippen LogP contribution in [0, 0.1) is 5.82 Å². The first-order valence-corrected chi connectivity index (χ1v) is 7.56. The molecule has 6 nitrogen and oxygen atoms in total. The molecule has 1 heterocycles. The quantitative estimate of drug-likeness (QED) is 0.827. The highest BCUT2D eigenvalue weighted by Gasteiger charge is 2.33. The number of carbonyl (C=O) groups is 1. The Morgan fingerprint density at radius 1 is 1.50 bits per heavy atom. The third-order valence-electron chi connectivity index (χ3n) is 3.28. The molecule has 110 valence electrons. The molecule has 0 aromatic heterocycles. The molecule has 0 spiro atoms. The van der Waals surface area contributed by atoms with Gasteiger partial charge in [0.05, 0.1) is 17.7 Å². The van der Waals surface area contributed by atoms with Gasteiger partial charge in [0, 0.05) is 6.54 Å². The maximum absolute atomic E-state index is 14.1. The van der Waals surface area contributed by atoms with E-state index in [0.29, 0.717) is 13.0 Å². The van der Waals surface area contributed by atoms with Gasteiger partial charge in [-0.2, -0.15) is 0 Å². The van der Waals surface area contributed by atoms with E-state index in [-0.39, 0.29) is 10.6 Å². The molecule has 1 aromatic rings. The fourth-order valence-electron chi connectivity index (χ4n) is 2.33. The van der Waals surface area contributed by atoms with Crippen LogP contribution in [0.4, 0.5) is 10.1 Å². The number of nitrogens with two attached hydrogens (primary N) is 1. The van der Waals surface area contributed by atoms with Crippen molar-refractivity contribution in [2.75, 3.05) is 18.6 Å². The molecular weight excluding hydrogens is 287 g/mol. The van der Waals surface area contributed by atoms with Crippen LogP contribution in [0.25, 0.3) is 0 Å². The monoisotopic (exact) mass is 302 g/mol. The molecule has 0 radical (unpaired) electrons. The summed E-state index contributed by atoms with van der Waals surface area (Å²) in [6, 6.07) is 2.85. The summed E-state index contributed by atoms with van der Waals surface area (Å²) in [6.45, 7) is 0.505. The molecule has 2 N–H and O–H groups in total. The van der Waals surface area contributed by atoms with E-state index in [1.54, 1.807) is 4.90 Å². The van der Waals surface area contributed by atoms with Gasteiger partial charge in [0.1, 0.15) is 11.9 Å². The molecule has 20 heavy (non-hydrogen) atoms. The second-order valence-electron chi connectivity index (χ2n) is 4.53. The summed E-state index contributed by atoms with van der Waals surface area (Å²) in [4.78, 5) is 12.9. The number of esters is 1. The predicted molar refractivity (Wildman–Crippen MR) is 70.2 cm³/mol. The van der Waals surface area contributed by atoms with Crippen molar-refractivity contribution < 1.29 is 22.3 Å². The summed E-state index contributed by atoms with van der Waals surface area (Å²) in [7, 11) is -2.67. The van der Waals surface area contributed by atoms with Crippen LogP contribution in [0.5, 0.6) is 0 Å². The lowest BCUT2D eigenvalue weighted by molar-refractivity contribution is -0.141. The van der Waals surface area contributed by atoms with Crippen molar-refractivity contribution in [1.29, 1.82) is 0 Å². The standard InChI is InChI=1S/C12H15FN2O4S/c1-19-12(16)11-3-2-6-15(11)10-5-4-8(7-9(10)13)20(14,17)18/h4-5,7,11H,2-3,6H2,1H3,(H2,14,17,18). The molecule has 1 unspecified atom stereocenters. The summed E-state index contributed by atoms with van der Waals surface area (Å²) in [5, 5.41) is 4.94. The van der Waals surface area contributed by atoms with Crippen LogP contribution in [0.1, 0.15) is 12.8 Å². The summed E-state index contributed by atoms with van der Waals surface area (Å²) in [5.41, 5.74) is 0.172. The number of benzene rings is 1. The van der Waals surface area contributed by atoms with Crippen molar-refractivity contribution >= 4 is 21.7 Å². The minimum Gasteiger partial charge on any atom is -0.467 e. The Morgan fingerprint density at radius 2 is 2.20 bits per heavy atom. The summed E-state index contributed by atoms with van der Waals surface area (Å²) in [6.07, 6.45) is 1.30. The van der Waals surface area contributed by atoms with Gasteiger partial charge in [-0.1, -0.05) is 0 Å². The van der Waals surface area contributed by atoms with Crippen LogP contribution in [0.2, 0.25) is 0 Å². The number of primary sulfonamides is 1. The van der Waals surface area contributed by atoms with E-state index in [2.05, 4.69) is 4.74 Å². The van der Waals surface area contributed by atoms with E-state index in [9.17, 15) is 17.6 Å². The Bertz CT molecular complexity index is 632. The number of hydrogen-bond acceptors (Lipinski definition) is 5. The smallest absolute Gasteiger partial charge is 0.328 e. The highest BCUT2D eigenvalue weighted by atomic mass is 32.2. The van der Waals surface area contributed by atoms with Gasteiger partial charge < -0.3 is 9.64 Å². The highest BCUT2D eigenvalue weighted by molar-refractivity contribution is 7.89. The lowest BCUT2D eigenvalue weighted by atomic mass is 10.2. The highest BCUT2D eigenvalue weighted by Crippen LogP contribution is 2.29. The Kier molecular flexibility index (Phi) is 3.96. The predicted octanol–water partition coefficient (Wildman–Crippen LogP) is 0.615. The largest absolute Gasteiger partial charge is 0.467 e. The van der Waals surface area contributed by atoms with E-state index in [4.69, 9.17) is 5.14 Å². The third-order valence-corrected chi connectivity index (χ3v) is 4.19. The van der Waals surface area contributed by atoms with Gasteiger partial charge in [-0.25, -0.2) is 22.7 Å². The average Bonchev–Trinajstić information content (AvgIpc) is 2.85. The van der Waals surface area contributed by atoms with Gasteiger partial charge in [-0.15, -0.1) is 0 Å². The molecule has 1 fully saturated rings. The number of carbonyl (C=O) groups excluding carboxylic acids is 1. The second-order valence-corrected chi connectivity index (χ2v) is 6.09. The maximum atomic E-state index is 14.1. The molecular formula is C12H15FN2O4S. The van der Waals surface area contributed by atoms with Crippen molar-refractivity contribution in [3.05, 3.63) is 24.0 Å². The van der Waals surface area contributed by atoms with E-state index in [1.165, 1.54) is 19.2 Å². The number of anilines is 1. The topological polar surface area (TPSA) is 89.7 Å². The van der Waals surface area contributed by atoms with Crippen LogP contribution in [-0.4, -0.2) is 34.1 Å². The SMILES string of the molecule is COC(=O)C1CCCN1c1ccc(S(N)(=O)=O)cc1F. The maximum Gasteiger partial charge on any atom is 0.328 e. The molecule has 1 aliphatic rings. The minimum absolute atomic E-state index is 0.172. The minimum atomic E-state index is -3.95. The Labute approximate surface area is 116 Å². The van der Waals surface area contributed by atoms with Gasteiger partial charge in [-0.3, -0.25) is 0 Å². The number of halogens is 1. The molecule has 0 saturated carbocycles. The molecule has 1 aromatic carbocycles. The Balaban J connectivity index is 2.36. The van der Waals surface area contributed by atoms with Gasteiger partial charge >= 0.3 is 5.97 Å². The third kappa shape index (κ3) is 2.75. The van der Waals surface area contributed by atoms with Crippen molar-refractivity contribution in [3.63, 3.8) is 0 Å². The molecule has 0 amide bonds. The van der Waals surface area contributed by atoms with Crippen LogP contribution in [0.3, 0.4) is 0 Å². The van der Waals surface area contributed by atoms with E-state index >= 15 is 0 Å². The van der Waals surface area contributed by atoms with Crippen LogP contribution >= 0.6 is 0 Å². The average molecular weight is 302 g/mol. The van der Waals surface area contributed by atoms with Crippen molar-refractivity contribution in [2.45, 2.75) is 23.8 Å². The van der Waals surface area contributed by atoms with Gasteiger partial charge in [-0.05, 0) is 31.0 Å². The summed E-state index contributed by atoms with van der Waals surface area (Å²) in [5.74, 6) is -1.16. The number of hydrogen-bond donors (Lipinski definition) is 1. The van der Waals surface area contributed by atoms with E-state index in [1.807, 2.05) is 0 Å². The first kappa shape index (κ1) is 14.7. The number of ether oxygens (including phenoxy) is 1. The number of methoxy groups -OCH3 is 1. The molecule has 1 saturated heterocycles. The van der Waals surface area contributed by atoms with Crippen LogP contribution < -0.4 is 10.0 Å². The van der Waals surface area contributed by atoms with Gasteiger partial charge in [0.2, 0.25) is 10.0 Å². The molecule has 0 bridgehead atoms. The zero-order chi connectivity index (χ0) is 14.9. The lowest BCUT2D eigenvalue weighted by Crippen LogP contribution is -2.37. The number of sulfonamides is 1. The van der Waals surface area contributed by atoms with Crippen LogP contribution in [0.15, 0.2) is 23.1 Å². The first-order valence-electron chi connectivity index (χ1n) is 6.01. The molecule has 1 aliphatic heterocycles. The lowest BCUT2D eigenvalue weighted by Gasteiger charge is -2.25. The summed E-state index contributed by atoms with van der Waals surface area (Å²) < 4.78 is 41.1. The van der Waals surface area contributed by atoms with Gasteiger partial charge in [0.15, 0.2) is 0 Å². The fourth-order valence-corrected chi connectivity index (χ4v) is 2.86. The Hall–Kier alpha value is -1.67. The van der Waals surface area contributed by atoms with Gasteiger partial charge in [0.25, 0.3) is 0 Å². The van der Waals surface area contributed by atoms with Crippen LogP contribution in [-0.2, 0) is 19.6 Å². The van der Waals surface area contributed by atoms with E-state index in [0.717, 1.165) is 12.5 Å². The first-order chi connectivity index (χ1) is 9.34. The molecule has 8 heteroatoms. The fraction of sp³-hybridized carbons (Fsp3) is 0.417. The van der Waals surface area contributed by atoms with E-state index < -0.39 is 27.9 Å². The molecule has 0 aliphatic carbocycles. The van der Waals surface area contributed by atoms with Crippen molar-refractivity contribution in [3.8, 4) is 0 Å². The Morgan fingerprint density at radius 3 is 2.75 bits per heavy atom. The number of nitrogens with zero attached hydrogens (tertiary/aromatic N) is 1. The summed E-state index contributed by atoms with van der Waals surface area (Å²) >= 11 is 0. The zero-order valence-electron chi connectivity index (χ0n) is 10.9. The second kappa shape index (κ2) is 5.37. The molecule has 1 atom stereocenters. The molecule has 2 rings (SSSR count). The van der Waals surface area contributed by atoms with Crippen molar-refractivity contribution in [2.24, 2.45) is 5.14 Å².